The monoisotopic (exact) mass is 499 g/mol. The van der Waals surface area contributed by atoms with Gasteiger partial charge in [0.25, 0.3) is 5.91 Å². The van der Waals surface area contributed by atoms with Crippen molar-refractivity contribution in [1.29, 1.82) is 0 Å². The third kappa shape index (κ3) is 7.54. The fraction of sp³-hybridized carbons (Fsp3) is 0.133. The van der Waals surface area contributed by atoms with Gasteiger partial charge in [-0.1, -0.05) is 72.3 Å². The van der Waals surface area contributed by atoms with E-state index in [1.54, 1.807) is 24.3 Å². The van der Waals surface area contributed by atoms with E-state index in [4.69, 9.17) is 21.1 Å². The molecule has 36 heavy (non-hydrogen) atoms. The molecule has 0 aliphatic rings. The molecule has 1 amide bonds. The molecule has 0 bridgehead atoms. The van der Waals surface area contributed by atoms with E-state index >= 15 is 0 Å². The maximum absolute atomic E-state index is 13.2. The van der Waals surface area contributed by atoms with E-state index in [1.165, 1.54) is 0 Å². The number of carbonyl (C=O) groups excluding carboxylic acids is 2. The fourth-order valence-electron chi connectivity index (χ4n) is 3.55. The van der Waals surface area contributed by atoms with Crippen molar-refractivity contribution in [3.63, 3.8) is 0 Å². The summed E-state index contributed by atoms with van der Waals surface area (Å²) in [5, 5.41) is 3.35. The SMILES string of the molecule is O=C(NC(COCc1ccccc1)C(=O)Cc1ccc(Oc2ccccc2)cc1)c1ccc(Cl)cc1. The zero-order chi connectivity index (χ0) is 25.2. The Morgan fingerprint density at radius 2 is 1.33 bits per heavy atom. The van der Waals surface area contributed by atoms with Gasteiger partial charge in [-0.3, -0.25) is 9.59 Å². The number of hydrogen-bond acceptors (Lipinski definition) is 4. The molecule has 6 heteroatoms. The molecular weight excluding hydrogens is 474 g/mol. The molecule has 0 radical (unpaired) electrons. The van der Waals surface area contributed by atoms with Crippen LogP contribution in [0, 0.1) is 0 Å². The van der Waals surface area contributed by atoms with Crippen molar-refractivity contribution in [2.24, 2.45) is 0 Å². The van der Waals surface area contributed by atoms with Gasteiger partial charge < -0.3 is 14.8 Å². The summed E-state index contributed by atoms with van der Waals surface area (Å²) in [7, 11) is 0. The van der Waals surface area contributed by atoms with Gasteiger partial charge in [0, 0.05) is 17.0 Å². The summed E-state index contributed by atoms with van der Waals surface area (Å²) in [5.41, 5.74) is 2.22. The average molecular weight is 500 g/mol. The lowest BCUT2D eigenvalue weighted by atomic mass is 10.0. The number of ether oxygens (including phenoxy) is 2. The molecule has 4 aromatic carbocycles. The zero-order valence-electron chi connectivity index (χ0n) is 19.6. The molecule has 0 fully saturated rings. The maximum atomic E-state index is 13.2. The standard InChI is InChI=1S/C30H26ClNO4/c31-25-15-13-24(14-16-25)30(34)32-28(21-35-20-23-7-3-1-4-8-23)29(33)19-22-11-17-27(18-12-22)36-26-9-5-2-6-10-26/h1-18,28H,19-21H2,(H,32,34). The predicted molar refractivity (Wildman–Crippen MR) is 140 cm³/mol. The fourth-order valence-corrected chi connectivity index (χ4v) is 3.68. The second kappa shape index (κ2) is 12.7. The van der Waals surface area contributed by atoms with Gasteiger partial charge in [-0.2, -0.15) is 0 Å². The predicted octanol–water partition coefficient (Wildman–Crippen LogP) is 6.26. The van der Waals surface area contributed by atoms with Crippen LogP contribution in [0.25, 0.3) is 0 Å². The Balaban J connectivity index is 1.40. The van der Waals surface area contributed by atoms with E-state index in [9.17, 15) is 9.59 Å². The first kappa shape index (κ1) is 25.2. The molecule has 0 heterocycles. The third-order valence-electron chi connectivity index (χ3n) is 5.48. The lowest BCUT2D eigenvalue weighted by Crippen LogP contribution is -2.44. The Kier molecular flexibility index (Phi) is 8.87. The van der Waals surface area contributed by atoms with Gasteiger partial charge in [-0.15, -0.1) is 0 Å². The molecule has 0 spiro atoms. The van der Waals surface area contributed by atoms with Crippen LogP contribution >= 0.6 is 11.6 Å². The van der Waals surface area contributed by atoms with Crippen LogP contribution in [0.2, 0.25) is 5.02 Å². The lowest BCUT2D eigenvalue weighted by Gasteiger charge is -2.18. The molecule has 1 unspecified atom stereocenters. The van der Waals surface area contributed by atoms with Crippen molar-refractivity contribution in [3.05, 3.63) is 131 Å². The van der Waals surface area contributed by atoms with Gasteiger partial charge in [-0.25, -0.2) is 0 Å². The Morgan fingerprint density at radius 1 is 0.722 bits per heavy atom. The van der Waals surface area contributed by atoms with Crippen LogP contribution < -0.4 is 10.1 Å². The molecular formula is C30H26ClNO4. The van der Waals surface area contributed by atoms with E-state index < -0.39 is 6.04 Å². The van der Waals surface area contributed by atoms with Crippen molar-refractivity contribution in [2.75, 3.05) is 6.61 Å². The molecule has 5 nitrogen and oxygen atoms in total. The van der Waals surface area contributed by atoms with Crippen molar-refractivity contribution in [3.8, 4) is 11.5 Å². The first-order valence-electron chi connectivity index (χ1n) is 11.6. The van der Waals surface area contributed by atoms with Crippen molar-refractivity contribution >= 4 is 23.3 Å². The number of nitrogens with one attached hydrogen (secondary N) is 1. The molecule has 0 aliphatic heterocycles. The van der Waals surface area contributed by atoms with Crippen molar-refractivity contribution in [1.82, 2.24) is 5.32 Å². The number of carbonyl (C=O) groups is 2. The first-order chi connectivity index (χ1) is 17.6. The Hall–Kier alpha value is -3.93. The minimum Gasteiger partial charge on any atom is -0.457 e. The largest absolute Gasteiger partial charge is 0.457 e. The summed E-state index contributed by atoms with van der Waals surface area (Å²) in [6.07, 6.45) is 0.145. The minimum absolute atomic E-state index is 0.0578. The highest BCUT2D eigenvalue weighted by Gasteiger charge is 2.22. The summed E-state index contributed by atoms with van der Waals surface area (Å²) < 4.78 is 11.6. The van der Waals surface area contributed by atoms with E-state index in [2.05, 4.69) is 5.32 Å². The van der Waals surface area contributed by atoms with Crippen LogP contribution in [0.4, 0.5) is 0 Å². The van der Waals surface area contributed by atoms with E-state index in [0.29, 0.717) is 22.9 Å². The first-order valence-corrected chi connectivity index (χ1v) is 12.0. The van der Waals surface area contributed by atoms with Gasteiger partial charge in [0.05, 0.1) is 13.2 Å². The molecule has 1 N–H and O–H groups in total. The maximum Gasteiger partial charge on any atom is 0.251 e. The van der Waals surface area contributed by atoms with Gasteiger partial charge in [0.15, 0.2) is 5.78 Å². The number of rotatable bonds is 11. The van der Waals surface area contributed by atoms with Gasteiger partial charge in [-0.05, 0) is 59.7 Å². The molecule has 182 valence electrons. The highest BCUT2D eigenvalue weighted by Crippen LogP contribution is 2.21. The molecule has 4 rings (SSSR count). The number of benzene rings is 4. The Labute approximate surface area is 215 Å². The van der Waals surface area contributed by atoms with Gasteiger partial charge >= 0.3 is 0 Å². The van der Waals surface area contributed by atoms with Crippen LogP contribution in [0.15, 0.2) is 109 Å². The summed E-state index contributed by atoms with van der Waals surface area (Å²) in [6, 6.07) is 32.2. The topological polar surface area (TPSA) is 64.6 Å². The molecule has 1 atom stereocenters. The second-order valence-corrected chi connectivity index (χ2v) is 8.67. The molecule has 0 saturated heterocycles. The van der Waals surface area contributed by atoms with Crippen LogP contribution in [0.3, 0.4) is 0 Å². The van der Waals surface area contributed by atoms with Gasteiger partial charge in [0.2, 0.25) is 0 Å². The number of hydrogen-bond donors (Lipinski definition) is 1. The Bertz CT molecular complexity index is 1260. The van der Waals surface area contributed by atoms with Gasteiger partial charge in [0.1, 0.15) is 17.5 Å². The quantitative estimate of drug-likeness (QED) is 0.264. The molecule has 0 saturated carbocycles. The zero-order valence-corrected chi connectivity index (χ0v) is 20.4. The summed E-state index contributed by atoms with van der Waals surface area (Å²) >= 11 is 5.93. The normalized spacial score (nSPS) is 11.5. The Morgan fingerprint density at radius 3 is 2.00 bits per heavy atom. The van der Waals surface area contributed by atoms with E-state index in [-0.39, 0.29) is 24.7 Å². The number of amides is 1. The average Bonchev–Trinajstić information content (AvgIpc) is 2.91. The number of ketones is 1. The molecule has 4 aromatic rings. The highest BCUT2D eigenvalue weighted by molar-refractivity contribution is 6.30. The minimum atomic E-state index is -0.808. The second-order valence-electron chi connectivity index (χ2n) is 8.24. The molecule has 0 aliphatic carbocycles. The summed E-state index contributed by atoms with van der Waals surface area (Å²) in [5.74, 6) is 0.903. The summed E-state index contributed by atoms with van der Waals surface area (Å²) in [4.78, 5) is 26.0. The number of halogens is 1. The van der Waals surface area contributed by atoms with Crippen molar-refractivity contribution in [2.45, 2.75) is 19.1 Å². The highest BCUT2D eigenvalue weighted by atomic mass is 35.5. The number of para-hydroxylation sites is 1. The lowest BCUT2D eigenvalue weighted by molar-refractivity contribution is -0.121. The van der Waals surface area contributed by atoms with Crippen LogP contribution in [-0.2, 0) is 22.6 Å². The van der Waals surface area contributed by atoms with Crippen LogP contribution in [0.1, 0.15) is 21.5 Å². The smallest absolute Gasteiger partial charge is 0.251 e. The molecule has 0 aromatic heterocycles. The summed E-state index contributed by atoms with van der Waals surface area (Å²) in [6.45, 7) is 0.398. The third-order valence-corrected chi connectivity index (χ3v) is 5.73. The van der Waals surface area contributed by atoms with Crippen LogP contribution in [0.5, 0.6) is 11.5 Å². The number of Topliss-reactive ketones (excluding diaryl/α,β-unsaturated/α-hetero) is 1. The van der Waals surface area contributed by atoms with Crippen LogP contribution in [-0.4, -0.2) is 24.3 Å². The van der Waals surface area contributed by atoms with E-state index in [0.717, 1.165) is 16.9 Å². The van der Waals surface area contributed by atoms with Crippen molar-refractivity contribution < 1.29 is 19.1 Å². The van der Waals surface area contributed by atoms with E-state index in [1.807, 2.05) is 84.9 Å².